The zero-order chi connectivity index (χ0) is 11.7. The lowest BCUT2D eigenvalue weighted by molar-refractivity contribution is -0.118. The fraction of sp³-hybridized carbons (Fsp3) is 0.250. The van der Waals surface area contributed by atoms with Gasteiger partial charge in [0.05, 0.1) is 0 Å². The number of aromatic amines is 1. The number of hydrogen-bond donors (Lipinski definition) is 3. The molecule has 1 amide bonds. The van der Waals surface area contributed by atoms with Crippen molar-refractivity contribution in [3.05, 3.63) is 35.5 Å². The van der Waals surface area contributed by atoms with Gasteiger partial charge >= 0.3 is 0 Å². The second kappa shape index (κ2) is 3.98. The third kappa shape index (κ3) is 1.92. The van der Waals surface area contributed by atoms with Gasteiger partial charge in [0.25, 0.3) is 0 Å². The number of aryl methyl sites for hydroxylation is 1. The molecule has 1 aromatic carbocycles. The summed E-state index contributed by atoms with van der Waals surface area (Å²) < 4.78 is 0. The van der Waals surface area contributed by atoms with Crippen LogP contribution in [0.3, 0.4) is 0 Å². The van der Waals surface area contributed by atoms with Crippen molar-refractivity contribution in [2.24, 2.45) is 11.5 Å². The molecule has 0 aliphatic rings. The standard InChI is InChI=1S/C12H15N3O/c1-7-2-3-8-9(6-15-11(8)4-7)10(13)5-12(14)16/h2-4,6,10,15H,5,13H2,1H3,(H2,14,16). The van der Waals surface area contributed by atoms with Crippen LogP contribution in [0, 0.1) is 6.92 Å². The molecular weight excluding hydrogens is 202 g/mol. The molecule has 0 fully saturated rings. The summed E-state index contributed by atoms with van der Waals surface area (Å²) in [6, 6.07) is 5.75. The van der Waals surface area contributed by atoms with Crippen molar-refractivity contribution in [3.8, 4) is 0 Å². The molecule has 0 bridgehead atoms. The van der Waals surface area contributed by atoms with Crippen LogP contribution in [0.5, 0.6) is 0 Å². The molecule has 84 valence electrons. The van der Waals surface area contributed by atoms with E-state index in [-0.39, 0.29) is 18.4 Å². The first kappa shape index (κ1) is 10.7. The SMILES string of the molecule is Cc1ccc2c(C(N)CC(N)=O)c[nH]c2c1. The summed E-state index contributed by atoms with van der Waals surface area (Å²) in [6.07, 6.45) is 2.01. The lowest BCUT2D eigenvalue weighted by Crippen LogP contribution is -2.20. The average molecular weight is 217 g/mol. The van der Waals surface area contributed by atoms with Crippen LogP contribution < -0.4 is 11.5 Å². The number of nitrogens with one attached hydrogen (secondary N) is 1. The van der Waals surface area contributed by atoms with E-state index in [1.54, 1.807) is 0 Å². The van der Waals surface area contributed by atoms with E-state index in [1.165, 1.54) is 5.56 Å². The summed E-state index contributed by atoms with van der Waals surface area (Å²) in [5, 5.41) is 1.05. The van der Waals surface area contributed by atoms with Crippen LogP contribution in [0.2, 0.25) is 0 Å². The minimum absolute atomic E-state index is 0.167. The van der Waals surface area contributed by atoms with Gasteiger partial charge in [-0.05, 0) is 24.1 Å². The zero-order valence-corrected chi connectivity index (χ0v) is 9.16. The van der Waals surface area contributed by atoms with Crippen LogP contribution in [0.4, 0.5) is 0 Å². The molecule has 0 radical (unpaired) electrons. The quantitative estimate of drug-likeness (QED) is 0.725. The van der Waals surface area contributed by atoms with E-state index >= 15 is 0 Å². The molecule has 1 heterocycles. The molecular formula is C12H15N3O. The summed E-state index contributed by atoms with van der Waals surface area (Å²) >= 11 is 0. The largest absolute Gasteiger partial charge is 0.370 e. The number of fused-ring (bicyclic) bond motifs is 1. The first-order valence-electron chi connectivity index (χ1n) is 5.19. The predicted molar refractivity (Wildman–Crippen MR) is 63.8 cm³/mol. The van der Waals surface area contributed by atoms with Crippen LogP contribution in [0.25, 0.3) is 10.9 Å². The molecule has 1 unspecified atom stereocenters. The zero-order valence-electron chi connectivity index (χ0n) is 9.16. The Morgan fingerprint density at radius 1 is 1.50 bits per heavy atom. The third-order valence-corrected chi connectivity index (χ3v) is 2.69. The van der Waals surface area contributed by atoms with E-state index in [9.17, 15) is 4.79 Å². The Hall–Kier alpha value is -1.81. The summed E-state index contributed by atoms with van der Waals surface area (Å²) in [4.78, 5) is 14.0. The fourth-order valence-electron chi connectivity index (χ4n) is 1.90. The van der Waals surface area contributed by atoms with Crippen molar-refractivity contribution in [3.63, 3.8) is 0 Å². The van der Waals surface area contributed by atoms with Gasteiger partial charge < -0.3 is 16.5 Å². The van der Waals surface area contributed by atoms with Crippen molar-refractivity contribution in [1.29, 1.82) is 0 Å². The van der Waals surface area contributed by atoms with Crippen LogP contribution in [0.1, 0.15) is 23.6 Å². The number of primary amides is 1. The first-order chi connectivity index (χ1) is 7.58. The van der Waals surface area contributed by atoms with Gasteiger partial charge in [-0.1, -0.05) is 12.1 Å². The Bertz CT molecular complexity index is 530. The van der Waals surface area contributed by atoms with E-state index in [4.69, 9.17) is 11.5 Å². The number of hydrogen-bond acceptors (Lipinski definition) is 2. The van der Waals surface area contributed by atoms with Gasteiger partial charge in [0.1, 0.15) is 0 Å². The van der Waals surface area contributed by atoms with E-state index in [1.807, 2.05) is 25.3 Å². The molecule has 0 saturated heterocycles. The molecule has 1 atom stereocenters. The van der Waals surface area contributed by atoms with Crippen molar-refractivity contribution in [2.75, 3.05) is 0 Å². The molecule has 16 heavy (non-hydrogen) atoms. The Balaban J connectivity index is 2.41. The Morgan fingerprint density at radius 3 is 2.94 bits per heavy atom. The monoisotopic (exact) mass is 217 g/mol. The van der Waals surface area contributed by atoms with Crippen LogP contribution >= 0.6 is 0 Å². The lowest BCUT2D eigenvalue weighted by atomic mass is 10.0. The average Bonchev–Trinajstić information content (AvgIpc) is 2.59. The molecule has 4 heteroatoms. The van der Waals surface area contributed by atoms with Crippen LogP contribution in [-0.2, 0) is 4.79 Å². The van der Waals surface area contributed by atoms with Gasteiger partial charge in [-0.25, -0.2) is 0 Å². The predicted octanol–water partition coefficient (Wildman–Crippen LogP) is 1.35. The second-order valence-electron chi connectivity index (χ2n) is 4.07. The number of carbonyl (C=O) groups is 1. The van der Waals surface area contributed by atoms with Gasteiger partial charge in [-0.2, -0.15) is 0 Å². The Labute approximate surface area is 93.6 Å². The second-order valence-corrected chi connectivity index (χ2v) is 4.07. The van der Waals surface area contributed by atoms with Gasteiger partial charge in [-0.3, -0.25) is 4.79 Å². The molecule has 0 saturated carbocycles. The van der Waals surface area contributed by atoms with E-state index in [0.29, 0.717) is 0 Å². The number of benzene rings is 1. The van der Waals surface area contributed by atoms with Gasteiger partial charge in [-0.15, -0.1) is 0 Å². The number of H-pyrrole nitrogens is 1. The van der Waals surface area contributed by atoms with E-state index < -0.39 is 0 Å². The highest BCUT2D eigenvalue weighted by Gasteiger charge is 2.13. The summed E-state index contributed by atoms with van der Waals surface area (Å²) in [5.41, 5.74) is 14.2. The van der Waals surface area contributed by atoms with Crippen LogP contribution in [-0.4, -0.2) is 10.9 Å². The third-order valence-electron chi connectivity index (χ3n) is 2.69. The van der Waals surface area contributed by atoms with E-state index in [0.717, 1.165) is 16.5 Å². The maximum Gasteiger partial charge on any atom is 0.219 e. The molecule has 0 spiro atoms. The highest BCUT2D eigenvalue weighted by molar-refractivity contribution is 5.85. The smallest absolute Gasteiger partial charge is 0.219 e. The normalized spacial score (nSPS) is 12.9. The summed E-state index contributed by atoms with van der Waals surface area (Å²) in [7, 11) is 0. The number of rotatable bonds is 3. The highest BCUT2D eigenvalue weighted by Crippen LogP contribution is 2.25. The van der Waals surface area contributed by atoms with Gasteiger partial charge in [0, 0.05) is 29.6 Å². The van der Waals surface area contributed by atoms with Gasteiger partial charge in [0.15, 0.2) is 0 Å². The minimum Gasteiger partial charge on any atom is -0.370 e. The van der Waals surface area contributed by atoms with Crippen LogP contribution in [0.15, 0.2) is 24.4 Å². The molecule has 2 aromatic rings. The number of aromatic nitrogens is 1. The van der Waals surface area contributed by atoms with Crippen molar-refractivity contribution < 1.29 is 4.79 Å². The number of carbonyl (C=O) groups excluding carboxylic acids is 1. The highest BCUT2D eigenvalue weighted by atomic mass is 16.1. The molecule has 5 N–H and O–H groups in total. The lowest BCUT2D eigenvalue weighted by Gasteiger charge is -2.07. The number of amides is 1. The molecule has 0 aliphatic carbocycles. The van der Waals surface area contributed by atoms with E-state index in [2.05, 4.69) is 11.1 Å². The minimum atomic E-state index is -0.381. The molecule has 1 aromatic heterocycles. The Morgan fingerprint density at radius 2 is 2.25 bits per heavy atom. The summed E-state index contributed by atoms with van der Waals surface area (Å²) in [6.45, 7) is 2.03. The van der Waals surface area contributed by atoms with Crippen molar-refractivity contribution in [1.82, 2.24) is 4.98 Å². The van der Waals surface area contributed by atoms with Crippen molar-refractivity contribution in [2.45, 2.75) is 19.4 Å². The maximum atomic E-state index is 10.8. The molecule has 2 rings (SSSR count). The molecule has 4 nitrogen and oxygen atoms in total. The molecule has 0 aliphatic heterocycles. The van der Waals surface area contributed by atoms with Gasteiger partial charge in [0.2, 0.25) is 5.91 Å². The Kier molecular flexibility index (Phi) is 2.66. The first-order valence-corrected chi connectivity index (χ1v) is 5.19. The fourth-order valence-corrected chi connectivity index (χ4v) is 1.90. The topological polar surface area (TPSA) is 84.9 Å². The number of nitrogens with two attached hydrogens (primary N) is 2. The maximum absolute atomic E-state index is 10.8. The summed E-state index contributed by atoms with van der Waals surface area (Å²) in [5.74, 6) is -0.381. The van der Waals surface area contributed by atoms with Crippen molar-refractivity contribution >= 4 is 16.8 Å².